The topological polar surface area (TPSA) is 60.2 Å². The van der Waals surface area contributed by atoms with E-state index in [1.165, 1.54) is 22.7 Å². The lowest BCUT2D eigenvalue weighted by molar-refractivity contribution is 0.126. The molecule has 4 aromatic rings. The van der Waals surface area contributed by atoms with Gasteiger partial charge in [-0.25, -0.2) is 0 Å². The number of thioether (sulfide) groups is 1. The molecule has 5 nitrogen and oxygen atoms in total. The number of aryl methyl sites for hydroxylation is 1. The third-order valence-electron chi connectivity index (χ3n) is 4.99. The zero-order valence-corrected chi connectivity index (χ0v) is 18.0. The lowest BCUT2D eigenvalue weighted by Crippen LogP contribution is -2.20. The fraction of sp³-hybridized carbons (Fsp3) is 0.250. The minimum atomic E-state index is -0.606. The van der Waals surface area contributed by atoms with Gasteiger partial charge in [-0.05, 0) is 42.3 Å². The fourth-order valence-corrected chi connectivity index (χ4v) is 4.28. The molecule has 0 saturated carbocycles. The average molecular weight is 420 g/mol. The highest BCUT2D eigenvalue weighted by Crippen LogP contribution is 2.27. The first-order valence-corrected chi connectivity index (χ1v) is 11.1. The number of benzene rings is 3. The van der Waals surface area contributed by atoms with Gasteiger partial charge in [0.15, 0.2) is 11.0 Å². The number of aliphatic hydroxyl groups excluding tert-OH is 1. The van der Waals surface area contributed by atoms with Crippen LogP contribution in [0.3, 0.4) is 0 Å². The summed E-state index contributed by atoms with van der Waals surface area (Å²) in [6, 6.07) is 22.3. The molecule has 3 aromatic carbocycles. The van der Waals surface area contributed by atoms with Crippen LogP contribution in [0.5, 0.6) is 5.75 Å². The molecule has 6 heteroatoms. The van der Waals surface area contributed by atoms with Crippen molar-refractivity contribution in [1.82, 2.24) is 14.8 Å². The lowest BCUT2D eigenvalue weighted by atomic mass is 10.1. The summed E-state index contributed by atoms with van der Waals surface area (Å²) in [6.45, 7) is 5.15. The summed E-state index contributed by atoms with van der Waals surface area (Å²) in [5, 5.41) is 22.3. The van der Waals surface area contributed by atoms with Crippen molar-refractivity contribution in [3.63, 3.8) is 0 Å². The summed E-state index contributed by atoms with van der Waals surface area (Å²) in [6.07, 6.45) is -0.606. The predicted molar refractivity (Wildman–Crippen MR) is 122 cm³/mol. The van der Waals surface area contributed by atoms with E-state index < -0.39 is 6.10 Å². The van der Waals surface area contributed by atoms with E-state index in [0.29, 0.717) is 5.75 Å². The molecular weight excluding hydrogens is 394 g/mol. The van der Waals surface area contributed by atoms with Crippen molar-refractivity contribution in [2.24, 2.45) is 0 Å². The van der Waals surface area contributed by atoms with Gasteiger partial charge in [0.25, 0.3) is 0 Å². The minimum Gasteiger partial charge on any atom is -0.491 e. The number of hydrogen-bond donors (Lipinski definition) is 1. The molecule has 154 valence electrons. The molecule has 1 unspecified atom stereocenters. The molecule has 0 amide bonds. The molecule has 1 heterocycles. The number of nitrogens with zero attached hydrogens (tertiary/aromatic N) is 3. The van der Waals surface area contributed by atoms with Crippen LogP contribution in [-0.2, 0) is 6.54 Å². The van der Waals surface area contributed by atoms with Crippen LogP contribution in [0, 0.1) is 6.92 Å². The van der Waals surface area contributed by atoms with Crippen molar-refractivity contribution in [2.75, 3.05) is 12.4 Å². The van der Waals surface area contributed by atoms with E-state index in [0.717, 1.165) is 34.2 Å². The summed E-state index contributed by atoms with van der Waals surface area (Å²) in [5.74, 6) is 2.11. The van der Waals surface area contributed by atoms with Gasteiger partial charge in [-0.2, -0.15) is 0 Å². The third-order valence-corrected chi connectivity index (χ3v) is 6.10. The minimum absolute atomic E-state index is 0.232. The molecule has 1 aromatic heterocycles. The Kier molecular flexibility index (Phi) is 6.35. The Labute approximate surface area is 180 Å². The zero-order chi connectivity index (χ0) is 20.9. The number of hydrogen-bond acceptors (Lipinski definition) is 5. The standard InChI is InChI=1S/C24H25N3O2S/c1-3-27-23(22-11-7-4-8-17(22)2)25-26-24(27)30-16-20(28)15-29-21-13-12-18-9-5-6-10-19(18)14-21/h4-14,20,28H,3,15-16H2,1-2H3. The predicted octanol–water partition coefficient (Wildman–Crippen LogP) is 4.96. The second kappa shape index (κ2) is 9.32. The SMILES string of the molecule is CCn1c(SCC(O)COc2ccc3ccccc3c2)nnc1-c1ccccc1C. The molecule has 0 spiro atoms. The van der Waals surface area contributed by atoms with Crippen LogP contribution in [0.4, 0.5) is 0 Å². The highest BCUT2D eigenvalue weighted by atomic mass is 32.2. The first-order valence-electron chi connectivity index (χ1n) is 10.1. The van der Waals surface area contributed by atoms with Crippen LogP contribution in [0.1, 0.15) is 12.5 Å². The Hall–Kier alpha value is -2.83. The molecule has 0 radical (unpaired) electrons. The van der Waals surface area contributed by atoms with Crippen molar-refractivity contribution < 1.29 is 9.84 Å². The van der Waals surface area contributed by atoms with Gasteiger partial charge in [-0.1, -0.05) is 66.4 Å². The highest BCUT2D eigenvalue weighted by Gasteiger charge is 2.16. The molecule has 0 bridgehead atoms. The lowest BCUT2D eigenvalue weighted by Gasteiger charge is -2.13. The number of fused-ring (bicyclic) bond motifs is 1. The van der Waals surface area contributed by atoms with Gasteiger partial charge >= 0.3 is 0 Å². The molecule has 0 aliphatic rings. The van der Waals surface area contributed by atoms with Crippen molar-refractivity contribution in [3.05, 3.63) is 72.3 Å². The summed E-state index contributed by atoms with van der Waals surface area (Å²) in [7, 11) is 0. The van der Waals surface area contributed by atoms with Gasteiger partial charge in [0, 0.05) is 17.9 Å². The molecule has 0 saturated heterocycles. The molecular formula is C24H25N3O2S. The number of rotatable bonds is 8. The van der Waals surface area contributed by atoms with Crippen molar-refractivity contribution in [1.29, 1.82) is 0 Å². The largest absolute Gasteiger partial charge is 0.491 e. The van der Waals surface area contributed by atoms with E-state index in [4.69, 9.17) is 4.74 Å². The average Bonchev–Trinajstić information content (AvgIpc) is 3.19. The highest BCUT2D eigenvalue weighted by molar-refractivity contribution is 7.99. The summed E-state index contributed by atoms with van der Waals surface area (Å²) in [4.78, 5) is 0. The second-order valence-electron chi connectivity index (χ2n) is 7.15. The van der Waals surface area contributed by atoms with E-state index in [1.807, 2.05) is 42.5 Å². The Balaban J connectivity index is 1.37. The first-order chi connectivity index (χ1) is 14.7. The van der Waals surface area contributed by atoms with Gasteiger partial charge in [0.2, 0.25) is 0 Å². The van der Waals surface area contributed by atoms with E-state index in [2.05, 4.69) is 52.9 Å². The van der Waals surface area contributed by atoms with Gasteiger partial charge in [0.1, 0.15) is 12.4 Å². The quantitative estimate of drug-likeness (QED) is 0.409. The fourth-order valence-electron chi connectivity index (χ4n) is 3.37. The van der Waals surface area contributed by atoms with Crippen LogP contribution in [-0.4, -0.2) is 38.3 Å². The van der Waals surface area contributed by atoms with E-state index >= 15 is 0 Å². The molecule has 0 aliphatic carbocycles. The van der Waals surface area contributed by atoms with Crippen LogP contribution >= 0.6 is 11.8 Å². The maximum atomic E-state index is 10.4. The zero-order valence-electron chi connectivity index (χ0n) is 17.2. The summed E-state index contributed by atoms with van der Waals surface area (Å²) < 4.78 is 7.89. The number of aliphatic hydroxyl groups is 1. The molecule has 0 fully saturated rings. The summed E-state index contributed by atoms with van der Waals surface area (Å²) in [5.41, 5.74) is 2.25. The Morgan fingerprint density at radius 1 is 1.00 bits per heavy atom. The summed E-state index contributed by atoms with van der Waals surface area (Å²) >= 11 is 1.50. The first kappa shape index (κ1) is 20.4. The van der Waals surface area contributed by atoms with Crippen LogP contribution < -0.4 is 4.74 Å². The van der Waals surface area contributed by atoms with E-state index in [1.54, 1.807) is 0 Å². The van der Waals surface area contributed by atoms with Gasteiger partial charge in [0.05, 0.1) is 6.10 Å². The van der Waals surface area contributed by atoms with Crippen LogP contribution in [0.2, 0.25) is 0 Å². The van der Waals surface area contributed by atoms with E-state index in [-0.39, 0.29) is 6.61 Å². The normalized spacial score (nSPS) is 12.2. The molecule has 0 aliphatic heterocycles. The Bertz CT molecular complexity index is 1140. The molecule has 1 atom stereocenters. The number of ether oxygens (including phenoxy) is 1. The second-order valence-corrected chi connectivity index (χ2v) is 8.14. The Morgan fingerprint density at radius 3 is 2.57 bits per heavy atom. The van der Waals surface area contributed by atoms with E-state index in [9.17, 15) is 5.11 Å². The maximum Gasteiger partial charge on any atom is 0.191 e. The van der Waals surface area contributed by atoms with Gasteiger partial charge in [-0.15, -0.1) is 10.2 Å². The van der Waals surface area contributed by atoms with Gasteiger partial charge < -0.3 is 14.4 Å². The molecule has 1 N–H and O–H groups in total. The maximum absolute atomic E-state index is 10.4. The third kappa shape index (κ3) is 4.50. The number of aromatic nitrogens is 3. The monoisotopic (exact) mass is 419 g/mol. The molecule has 4 rings (SSSR count). The van der Waals surface area contributed by atoms with Crippen LogP contribution in [0.15, 0.2) is 71.9 Å². The molecule has 30 heavy (non-hydrogen) atoms. The smallest absolute Gasteiger partial charge is 0.191 e. The van der Waals surface area contributed by atoms with Gasteiger partial charge in [-0.3, -0.25) is 0 Å². The van der Waals surface area contributed by atoms with Crippen molar-refractivity contribution in [2.45, 2.75) is 31.7 Å². The van der Waals surface area contributed by atoms with Crippen LogP contribution in [0.25, 0.3) is 22.2 Å². The van der Waals surface area contributed by atoms with Crippen molar-refractivity contribution in [3.8, 4) is 17.1 Å². The van der Waals surface area contributed by atoms with Crippen molar-refractivity contribution >= 4 is 22.5 Å². The Morgan fingerprint density at radius 2 is 1.77 bits per heavy atom.